The number of hydrogen-bond acceptors (Lipinski definition) is 3. The van der Waals surface area contributed by atoms with Crippen molar-refractivity contribution in [2.45, 2.75) is 52.5 Å². The van der Waals surface area contributed by atoms with Crippen molar-refractivity contribution in [3.63, 3.8) is 0 Å². The maximum Gasteiger partial charge on any atom is 0.230 e. The Bertz CT molecular complexity index is 772. The fourth-order valence-electron chi connectivity index (χ4n) is 3.13. The van der Waals surface area contributed by atoms with Crippen molar-refractivity contribution < 1.29 is 9.59 Å². The number of benzene rings is 2. The van der Waals surface area contributed by atoms with Crippen molar-refractivity contribution in [3.05, 3.63) is 65.2 Å². The number of anilines is 1. The summed E-state index contributed by atoms with van der Waals surface area (Å²) >= 11 is 1.58. The lowest BCUT2D eigenvalue weighted by atomic mass is 10.1. The van der Waals surface area contributed by atoms with E-state index in [0.717, 1.165) is 41.8 Å². The van der Waals surface area contributed by atoms with E-state index >= 15 is 0 Å². The zero-order valence-corrected chi connectivity index (χ0v) is 18.5. The summed E-state index contributed by atoms with van der Waals surface area (Å²) in [6.07, 6.45) is 3.12. The van der Waals surface area contributed by atoms with Gasteiger partial charge >= 0.3 is 0 Å². The minimum absolute atomic E-state index is 0.0296. The van der Waals surface area contributed by atoms with Gasteiger partial charge in [0.1, 0.15) is 0 Å². The van der Waals surface area contributed by atoms with Crippen LogP contribution in [0.2, 0.25) is 0 Å². The minimum Gasteiger partial charge on any atom is -0.353 e. The highest BCUT2D eigenvalue weighted by atomic mass is 32.2. The first-order valence-electron chi connectivity index (χ1n) is 10.2. The molecule has 2 rings (SSSR count). The molecule has 2 amide bonds. The third-order valence-electron chi connectivity index (χ3n) is 4.79. The van der Waals surface area contributed by atoms with Crippen LogP contribution in [0.4, 0.5) is 5.69 Å². The molecule has 0 spiro atoms. The molecule has 2 N–H and O–H groups in total. The molecule has 1 unspecified atom stereocenters. The molecule has 0 aliphatic heterocycles. The van der Waals surface area contributed by atoms with Gasteiger partial charge in [-0.1, -0.05) is 48.5 Å². The van der Waals surface area contributed by atoms with E-state index in [2.05, 4.69) is 22.8 Å². The average Bonchev–Trinajstić information content (AvgIpc) is 2.70. The molecular weight excluding hydrogens is 380 g/mol. The molecule has 0 aromatic heterocycles. The molecule has 0 radical (unpaired) electrons. The van der Waals surface area contributed by atoms with Gasteiger partial charge in [-0.2, -0.15) is 11.8 Å². The van der Waals surface area contributed by atoms with Gasteiger partial charge in [-0.15, -0.1) is 0 Å². The van der Waals surface area contributed by atoms with Crippen molar-refractivity contribution in [1.29, 1.82) is 0 Å². The normalized spacial score (nSPS) is 11.7. The van der Waals surface area contributed by atoms with Gasteiger partial charge in [-0.25, -0.2) is 0 Å². The molecule has 0 heterocycles. The summed E-state index contributed by atoms with van der Waals surface area (Å²) in [5, 5.41) is 6.06. The third-order valence-corrected chi connectivity index (χ3v) is 5.83. The Morgan fingerprint density at radius 2 is 1.66 bits per heavy atom. The average molecular weight is 413 g/mol. The highest BCUT2D eigenvalue weighted by Gasteiger charge is 2.09. The zero-order valence-electron chi connectivity index (χ0n) is 17.7. The predicted molar refractivity (Wildman–Crippen MR) is 123 cm³/mol. The lowest BCUT2D eigenvalue weighted by molar-refractivity contribution is -0.119. The van der Waals surface area contributed by atoms with Crippen molar-refractivity contribution in [2.24, 2.45) is 0 Å². The Morgan fingerprint density at radius 1 is 0.966 bits per heavy atom. The molecule has 4 nitrogen and oxygen atoms in total. The Labute approximate surface area is 178 Å². The van der Waals surface area contributed by atoms with Crippen LogP contribution in [0.1, 0.15) is 42.9 Å². The Balaban J connectivity index is 1.56. The van der Waals surface area contributed by atoms with E-state index in [1.54, 1.807) is 11.8 Å². The third kappa shape index (κ3) is 8.73. The quantitative estimate of drug-likeness (QED) is 0.517. The molecule has 29 heavy (non-hydrogen) atoms. The summed E-state index contributed by atoms with van der Waals surface area (Å²) in [5.41, 5.74) is 4.35. The number of aryl methyl sites for hydroxylation is 3. The molecule has 0 fully saturated rings. The summed E-state index contributed by atoms with van der Waals surface area (Å²) < 4.78 is 0. The summed E-state index contributed by atoms with van der Waals surface area (Å²) in [7, 11) is 0. The second-order valence-corrected chi connectivity index (χ2v) is 8.57. The summed E-state index contributed by atoms with van der Waals surface area (Å²) in [6.45, 7) is 6.04. The topological polar surface area (TPSA) is 58.2 Å². The SMILES string of the molecule is Cc1cccc(C)c1NC(=O)CCCSCC(=O)NC(C)CCc1ccccc1. The molecule has 156 valence electrons. The summed E-state index contributed by atoms with van der Waals surface area (Å²) in [6, 6.07) is 16.5. The minimum atomic E-state index is 0.0296. The molecule has 5 heteroatoms. The number of hydrogen-bond donors (Lipinski definition) is 2. The number of para-hydroxylation sites is 1. The van der Waals surface area contributed by atoms with Gasteiger partial charge in [0.25, 0.3) is 0 Å². The second kappa shape index (κ2) is 12.3. The van der Waals surface area contributed by atoms with Gasteiger partial charge < -0.3 is 10.6 Å². The van der Waals surface area contributed by atoms with E-state index in [9.17, 15) is 9.59 Å². The van der Waals surface area contributed by atoms with Crippen LogP contribution in [0, 0.1) is 13.8 Å². The van der Waals surface area contributed by atoms with E-state index in [1.165, 1.54) is 5.56 Å². The van der Waals surface area contributed by atoms with Gasteiger partial charge in [0.2, 0.25) is 11.8 Å². The molecule has 0 aliphatic carbocycles. The van der Waals surface area contributed by atoms with Crippen molar-refractivity contribution in [2.75, 3.05) is 16.8 Å². The largest absolute Gasteiger partial charge is 0.353 e. The van der Waals surface area contributed by atoms with Gasteiger partial charge in [0.05, 0.1) is 5.75 Å². The fraction of sp³-hybridized carbons (Fsp3) is 0.417. The highest BCUT2D eigenvalue weighted by molar-refractivity contribution is 7.99. The standard InChI is InChI=1S/C24H32N2O2S/c1-18-9-7-10-19(2)24(18)26-22(27)13-8-16-29-17-23(28)25-20(3)14-15-21-11-5-4-6-12-21/h4-7,9-12,20H,8,13-17H2,1-3H3,(H,25,28)(H,26,27). The maximum absolute atomic E-state index is 12.1. The first-order chi connectivity index (χ1) is 14.0. The van der Waals surface area contributed by atoms with Crippen LogP contribution in [0.3, 0.4) is 0 Å². The van der Waals surface area contributed by atoms with Crippen LogP contribution in [0.25, 0.3) is 0 Å². The molecule has 0 aliphatic rings. The van der Waals surface area contributed by atoms with Crippen LogP contribution >= 0.6 is 11.8 Å². The van der Waals surface area contributed by atoms with Crippen LogP contribution in [-0.2, 0) is 16.0 Å². The number of nitrogens with one attached hydrogen (secondary N) is 2. The highest BCUT2D eigenvalue weighted by Crippen LogP contribution is 2.19. The van der Waals surface area contributed by atoms with E-state index in [0.29, 0.717) is 12.2 Å². The molecule has 2 aromatic rings. The fourth-order valence-corrected chi connectivity index (χ4v) is 3.89. The molecule has 0 bridgehead atoms. The lowest BCUT2D eigenvalue weighted by Crippen LogP contribution is -2.34. The van der Waals surface area contributed by atoms with E-state index in [-0.39, 0.29) is 17.9 Å². The second-order valence-electron chi connectivity index (χ2n) is 7.46. The number of rotatable bonds is 11. The van der Waals surface area contributed by atoms with E-state index < -0.39 is 0 Å². The van der Waals surface area contributed by atoms with E-state index in [1.807, 2.05) is 57.2 Å². The number of amides is 2. The molecular formula is C24H32N2O2S. The Kier molecular flexibility index (Phi) is 9.78. The zero-order chi connectivity index (χ0) is 21.1. The van der Waals surface area contributed by atoms with E-state index in [4.69, 9.17) is 0 Å². The van der Waals surface area contributed by atoms with Crippen molar-refractivity contribution in [1.82, 2.24) is 5.32 Å². The molecule has 0 saturated heterocycles. The number of carbonyl (C=O) groups excluding carboxylic acids is 2. The van der Waals surface area contributed by atoms with Gasteiger partial charge in [0.15, 0.2) is 0 Å². The lowest BCUT2D eigenvalue weighted by Gasteiger charge is -2.14. The number of carbonyl (C=O) groups is 2. The molecule has 2 aromatic carbocycles. The van der Waals surface area contributed by atoms with Gasteiger partial charge in [-0.05, 0) is 62.5 Å². The first-order valence-corrected chi connectivity index (χ1v) is 11.4. The maximum atomic E-state index is 12.1. The Hall–Kier alpha value is -2.27. The van der Waals surface area contributed by atoms with Crippen molar-refractivity contribution >= 4 is 29.3 Å². The molecule has 0 saturated carbocycles. The monoisotopic (exact) mass is 412 g/mol. The predicted octanol–water partition coefficient (Wildman–Crippen LogP) is 4.89. The smallest absolute Gasteiger partial charge is 0.230 e. The van der Waals surface area contributed by atoms with Gasteiger partial charge in [-0.3, -0.25) is 9.59 Å². The first kappa shape index (κ1) is 23.0. The van der Waals surface area contributed by atoms with Crippen LogP contribution in [0.5, 0.6) is 0 Å². The van der Waals surface area contributed by atoms with Crippen LogP contribution in [0.15, 0.2) is 48.5 Å². The molecule has 1 atom stereocenters. The van der Waals surface area contributed by atoms with Gasteiger partial charge in [0, 0.05) is 18.2 Å². The summed E-state index contributed by atoms with van der Waals surface area (Å²) in [5.74, 6) is 1.33. The van der Waals surface area contributed by atoms with Crippen LogP contribution in [-0.4, -0.2) is 29.4 Å². The Morgan fingerprint density at radius 3 is 2.34 bits per heavy atom. The number of thioether (sulfide) groups is 1. The van der Waals surface area contributed by atoms with Crippen molar-refractivity contribution in [3.8, 4) is 0 Å². The van der Waals surface area contributed by atoms with Crippen LogP contribution < -0.4 is 10.6 Å². The summed E-state index contributed by atoms with van der Waals surface area (Å²) in [4.78, 5) is 24.2.